The van der Waals surface area contributed by atoms with Crippen molar-refractivity contribution in [1.82, 2.24) is 0 Å². The first-order chi connectivity index (χ1) is 19.5. The third-order valence-electron chi connectivity index (χ3n) is 6.57. The van der Waals surface area contributed by atoms with Crippen molar-refractivity contribution < 1.29 is 40.8 Å². The first kappa shape index (κ1) is 36.6. The number of hydrogen-bond acceptors (Lipinski definition) is 9. The maximum absolute atomic E-state index is 13.0. The first-order valence-corrected chi connectivity index (χ1v) is 19.9. The zero-order valence-corrected chi connectivity index (χ0v) is 29.2. The summed E-state index contributed by atoms with van der Waals surface area (Å²) >= 11 is 3.58. The Kier molecular flexibility index (Phi) is 15.7. The molecule has 0 fully saturated rings. The number of alkyl halides is 1. The van der Waals surface area contributed by atoms with E-state index in [0.29, 0.717) is 50.4 Å². The van der Waals surface area contributed by atoms with E-state index in [-0.39, 0.29) is 12.3 Å². The average Bonchev–Trinajstić information content (AvgIpc) is 2.97. The highest BCUT2D eigenvalue weighted by Crippen LogP contribution is 2.49. The lowest BCUT2D eigenvalue weighted by Gasteiger charge is -2.18. The van der Waals surface area contributed by atoms with Crippen LogP contribution in [0.2, 0.25) is 0 Å². The maximum Gasteiger partial charge on any atom is 0.330 e. The Hall–Kier alpha value is -0.630. The number of hydrogen-bond donors (Lipinski definition) is 0. The minimum Gasteiger partial charge on any atom is -0.312 e. The van der Waals surface area contributed by atoms with E-state index in [4.69, 9.17) is 27.1 Å². The molecule has 0 heterocycles. The molecule has 0 radical (unpaired) electrons. The predicted molar refractivity (Wildman–Crippen MR) is 168 cm³/mol. The van der Waals surface area contributed by atoms with Gasteiger partial charge in [-0.25, -0.2) is 0 Å². The molecule has 0 amide bonds. The Morgan fingerprint density at radius 1 is 0.537 bits per heavy atom. The Labute approximate surface area is 253 Å². The molecule has 0 N–H and O–H groups in total. The fraction of sp³-hybridized carbons (Fsp3) is 0.571. The van der Waals surface area contributed by atoms with Crippen LogP contribution in [0.5, 0.6) is 0 Å². The fourth-order valence-corrected chi connectivity index (χ4v) is 8.57. The van der Waals surface area contributed by atoms with Gasteiger partial charge in [0.25, 0.3) is 0 Å². The third-order valence-corrected chi connectivity index (χ3v) is 13.1. The summed E-state index contributed by atoms with van der Waals surface area (Å²) in [6.45, 7) is 4.28. The molecule has 0 aliphatic heterocycles. The summed E-state index contributed by atoms with van der Waals surface area (Å²) in [6, 6.07) is 12.6. The topological polar surface area (TPSA) is 107 Å². The number of rotatable bonds is 20. The van der Waals surface area contributed by atoms with Crippen LogP contribution < -0.4 is 0 Å². The molecule has 13 heteroatoms. The second kappa shape index (κ2) is 17.6. The van der Waals surface area contributed by atoms with Gasteiger partial charge in [0.05, 0.1) is 31.7 Å². The number of aryl methyl sites for hydroxylation is 3. The molecule has 0 aliphatic carbocycles. The lowest BCUT2D eigenvalue weighted by Crippen LogP contribution is -2.04. The molecule has 0 aliphatic rings. The predicted octanol–water partition coefficient (Wildman–Crippen LogP) is 8.04. The molecule has 9 nitrogen and oxygen atoms in total. The highest BCUT2D eigenvalue weighted by atomic mass is 79.9. The van der Waals surface area contributed by atoms with E-state index < -0.39 is 22.8 Å². The highest BCUT2D eigenvalue weighted by molar-refractivity contribution is 9.08. The van der Waals surface area contributed by atoms with Gasteiger partial charge in [-0.05, 0) is 72.9 Å². The van der Waals surface area contributed by atoms with E-state index >= 15 is 0 Å². The van der Waals surface area contributed by atoms with Crippen molar-refractivity contribution in [2.75, 3.05) is 60.1 Å². The Morgan fingerprint density at radius 2 is 0.854 bits per heavy atom. The summed E-state index contributed by atoms with van der Waals surface area (Å²) in [6.07, 6.45) is 2.95. The summed E-state index contributed by atoms with van der Waals surface area (Å²) in [5, 5.41) is 0.681. The van der Waals surface area contributed by atoms with Crippen LogP contribution in [0.1, 0.15) is 47.2 Å². The number of benzene rings is 2. The molecule has 2 aromatic carbocycles. The molecule has 0 saturated heterocycles. The zero-order valence-electron chi connectivity index (χ0n) is 24.9. The molecule has 0 unspecified atom stereocenters. The Morgan fingerprint density at radius 3 is 1.20 bits per heavy atom. The van der Waals surface area contributed by atoms with Crippen LogP contribution in [-0.4, -0.2) is 60.1 Å². The van der Waals surface area contributed by atoms with Crippen molar-refractivity contribution in [3.63, 3.8) is 0 Å². The first-order valence-electron chi connectivity index (χ1n) is 13.6. The van der Waals surface area contributed by atoms with E-state index in [1.54, 1.807) is 0 Å². The van der Waals surface area contributed by atoms with Crippen molar-refractivity contribution >= 4 is 38.7 Å². The van der Waals surface area contributed by atoms with Crippen molar-refractivity contribution in [2.45, 2.75) is 44.9 Å². The molecule has 41 heavy (non-hydrogen) atoms. The Balaban J connectivity index is 2.37. The van der Waals surface area contributed by atoms with Gasteiger partial charge in [0.2, 0.25) is 0 Å². The van der Waals surface area contributed by atoms with Gasteiger partial charge >= 0.3 is 22.8 Å². The standard InChI is InChI=1S/C28H44BrO9P3/c1-7-37-41(32,38-8-2)14-11-25-18-27(21-28(19-25)22-29)20-26-16-23(9-12-39(30,33-3)34-4)15-24(17-26)10-13-40(31,35-5)36-6/h15-19,21H,7-14,20,22H2,1-6H3. The van der Waals surface area contributed by atoms with Gasteiger partial charge in [0.1, 0.15) is 0 Å². The van der Waals surface area contributed by atoms with E-state index in [9.17, 15) is 13.7 Å². The van der Waals surface area contributed by atoms with Gasteiger partial charge < -0.3 is 27.1 Å². The summed E-state index contributed by atoms with van der Waals surface area (Å²) < 4.78 is 69.8. The van der Waals surface area contributed by atoms with Gasteiger partial charge in [-0.2, -0.15) is 0 Å². The summed E-state index contributed by atoms with van der Waals surface area (Å²) in [5.74, 6) is 0. The lowest BCUT2D eigenvalue weighted by molar-refractivity contribution is 0.220. The quantitative estimate of drug-likeness (QED) is 0.100. The smallest absolute Gasteiger partial charge is 0.312 e. The molecule has 2 rings (SSSR count). The fourth-order valence-electron chi connectivity index (χ4n) is 4.50. The largest absolute Gasteiger partial charge is 0.330 e. The molecule has 0 spiro atoms. The van der Waals surface area contributed by atoms with Crippen molar-refractivity contribution in [3.05, 3.63) is 69.8 Å². The van der Waals surface area contributed by atoms with Crippen LogP contribution >= 0.6 is 38.7 Å². The molecule has 0 atom stereocenters. The molecular formula is C28H44BrO9P3. The van der Waals surface area contributed by atoms with E-state index in [1.807, 2.05) is 19.9 Å². The van der Waals surface area contributed by atoms with E-state index in [2.05, 4.69) is 46.3 Å². The van der Waals surface area contributed by atoms with Gasteiger partial charge in [-0.1, -0.05) is 52.3 Å². The molecule has 0 aromatic heterocycles. The molecule has 2 aromatic rings. The van der Waals surface area contributed by atoms with Crippen LogP contribution in [-0.2, 0) is 71.9 Å². The van der Waals surface area contributed by atoms with Gasteiger partial charge in [-0.3, -0.25) is 13.7 Å². The van der Waals surface area contributed by atoms with E-state index in [1.165, 1.54) is 28.4 Å². The average molecular weight is 697 g/mol. The maximum atomic E-state index is 13.0. The second-order valence-electron chi connectivity index (χ2n) is 9.45. The van der Waals surface area contributed by atoms with Crippen LogP contribution in [0.4, 0.5) is 0 Å². The third kappa shape index (κ3) is 12.1. The second-order valence-corrected chi connectivity index (χ2v) is 17.0. The zero-order chi connectivity index (χ0) is 30.5. The monoisotopic (exact) mass is 696 g/mol. The normalized spacial score (nSPS) is 12.7. The van der Waals surface area contributed by atoms with Gasteiger partial charge in [0, 0.05) is 33.8 Å². The number of halogens is 1. The van der Waals surface area contributed by atoms with Crippen LogP contribution in [0.25, 0.3) is 0 Å². The van der Waals surface area contributed by atoms with Crippen LogP contribution in [0.3, 0.4) is 0 Å². The Bertz CT molecular complexity index is 1180. The summed E-state index contributed by atoms with van der Waals surface area (Å²) in [5.41, 5.74) is 6.26. The van der Waals surface area contributed by atoms with Crippen LogP contribution in [0, 0.1) is 0 Å². The van der Waals surface area contributed by atoms with Crippen molar-refractivity contribution in [1.29, 1.82) is 0 Å². The highest BCUT2D eigenvalue weighted by Gasteiger charge is 2.24. The van der Waals surface area contributed by atoms with Gasteiger partial charge in [0.15, 0.2) is 0 Å². The van der Waals surface area contributed by atoms with Crippen LogP contribution in [0.15, 0.2) is 36.4 Å². The molecule has 232 valence electrons. The lowest BCUT2D eigenvalue weighted by atomic mass is 9.95. The minimum absolute atomic E-state index is 0.237. The molecule has 0 bridgehead atoms. The van der Waals surface area contributed by atoms with Crippen molar-refractivity contribution in [3.8, 4) is 0 Å². The van der Waals surface area contributed by atoms with Gasteiger partial charge in [-0.15, -0.1) is 0 Å². The molecule has 0 saturated carbocycles. The SMILES string of the molecule is CCOP(=O)(CCc1cc(CBr)cc(Cc2cc(CCP(=O)(OC)OC)cc(CCP(=O)(OC)OC)c2)c1)OCC. The van der Waals surface area contributed by atoms with Crippen molar-refractivity contribution in [2.24, 2.45) is 0 Å². The summed E-state index contributed by atoms with van der Waals surface area (Å²) in [4.78, 5) is 0. The minimum atomic E-state index is -3.18. The van der Waals surface area contributed by atoms with E-state index in [0.717, 1.165) is 33.4 Å². The molecular weight excluding hydrogens is 653 g/mol. The summed E-state index contributed by atoms with van der Waals surface area (Å²) in [7, 11) is -3.97.